The summed E-state index contributed by atoms with van der Waals surface area (Å²) in [6.45, 7) is 4.63. The number of benzene rings is 5. The quantitative estimate of drug-likeness (QED) is 0.218. The Morgan fingerprint density at radius 2 is 1.00 bits per heavy atom. The summed E-state index contributed by atoms with van der Waals surface area (Å²) in [5.74, 6) is 0.694. The third-order valence-electron chi connectivity index (χ3n) is 8.65. The van der Waals surface area contributed by atoms with Crippen molar-refractivity contribution in [2.24, 2.45) is 0 Å². The lowest BCUT2D eigenvalue weighted by Crippen LogP contribution is -2.15. The highest BCUT2D eigenvalue weighted by Gasteiger charge is 2.38. The summed E-state index contributed by atoms with van der Waals surface area (Å²) < 4.78 is 0. The maximum Gasteiger partial charge on any atom is 0.160 e. The summed E-state index contributed by atoms with van der Waals surface area (Å²) in [4.78, 5) is 15.6. The molecule has 204 valence electrons. The van der Waals surface area contributed by atoms with Gasteiger partial charge in [0.25, 0.3) is 0 Å². The van der Waals surface area contributed by atoms with Gasteiger partial charge in [0.05, 0.1) is 22.8 Å². The third kappa shape index (κ3) is 4.16. The van der Waals surface area contributed by atoms with Crippen molar-refractivity contribution >= 4 is 10.8 Å². The normalized spacial score (nSPS) is 13.1. The first-order valence-electron chi connectivity index (χ1n) is 14.7. The van der Waals surface area contributed by atoms with Gasteiger partial charge in [-0.15, -0.1) is 0 Å². The molecule has 0 unspecified atom stereocenters. The van der Waals surface area contributed by atoms with Gasteiger partial charge in [0.2, 0.25) is 0 Å². The molecular formula is C40H29N3. The molecule has 0 saturated carbocycles. The highest BCUT2D eigenvalue weighted by Crippen LogP contribution is 2.51. The topological polar surface area (TPSA) is 38.7 Å². The van der Waals surface area contributed by atoms with E-state index in [2.05, 4.69) is 117 Å². The summed E-state index contributed by atoms with van der Waals surface area (Å²) in [5.41, 5.74) is 11.7. The standard InChI is InChI=1S/C40H29N3/c1-40(2)33-23-12-11-22-32(33)38-36(40)30-20-9-10-21-31(30)37(43-38)28-18-13-19-29(24-28)39-41-34(26-14-5-3-6-15-26)25-35(42-39)27-16-7-4-8-17-27/h3-25H,1-2H3. The van der Waals surface area contributed by atoms with Gasteiger partial charge >= 0.3 is 0 Å². The number of hydrogen-bond acceptors (Lipinski definition) is 3. The van der Waals surface area contributed by atoms with Crippen molar-refractivity contribution < 1.29 is 0 Å². The van der Waals surface area contributed by atoms with E-state index in [-0.39, 0.29) is 5.41 Å². The van der Waals surface area contributed by atoms with Crippen LogP contribution in [0.15, 0.2) is 140 Å². The second-order valence-corrected chi connectivity index (χ2v) is 11.7. The van der Waals surface area contributed by atoms with Gasteiger partial charge in [-0.2, -0.15) is 0 Å². The zero-order chi connectivity index (χ0) is 29.0. The molecule has 1 aliphatic rings. The van der Waals surface area contributed by atoms with Crippen molar-refractivity contribution in [2.45, 2.75) is 19.3 Å². The van der Waals surface area contributed by atoms with Crippen molar-refractivity contribution in [3.63, 3.8) is 0 Å². The van der Waals surface area contributed by atoms with Crippen LogP contribution in [-0.2, 0) is 5.41 Å². The van der Waals surface area contributed by atoms with Crippen molar-refractivity contribution in [1.29, 1.82) is 0 Å². The predicted molar refractivity (Wildman–Crippen MR) is 177 cm³/mol. The number of rotatable bonds is 4. The fourth-order valence-electron chi connectivity index (χ4n) is 6.58. The Kier molecular flexibility index (Phi) is 5.80. The Morgan fingerprint density at radius 3 is 1.70 bits per heavy atom. The fraction of sp³-hybridized carbons (Fsp3) is 0.0750. The van der Waals surface area contributed by atoms with Crippen molar-refractivity contribution in [3.05, 3.63) is 151 Å². The first-order chi connectivity index (χ1) is 21.1. The molecule has 7 aromatic rings. The minimum Gasteiger partial charge on any atom is -0.247 e. The zero-order valence-electron chi connectivity index (χ0n) is 24.1. The van der Waals surface area contributed by atoms with Gasteiger partial charge in [-0.25, -0.2) is 15.0 Å². The average molecular weight is 552 g/mol. The monoisotopic (exact) mass is 551 g/mol. The van der Waals surface area contributed by atoms with Crippen LogP contribution in [0.1, 0.15) is 25.0 Å². The third-order valence-corrected chi connectivity index (χ3v) is 8.65. The molecule has 2 aromatic heterocycles. The lowest BCUT2D eigenvalue weighted by molar-refractivity contribution is 0.665. The van der Waals surface area contributed by atoms with Crippen LogP contribution >= 0.6 is 0 Å². The number of aromatic nitrogens is 3. The molecule has 0 fully saturated rings. The SMILES string of the molecule is CC1(C)c2ccccc2-c2nc(-c3cccc(-c4nc(-c5ccccc5)cc(-c5ccccc5)n4)c3)c3ccccc3c21. The Morgan fingerprint density at radius 1 is 0.442 bits per heavy atom. The smallest absolute Gasteiger partial charge is 0.160 e. The van der Waals surface area contributed by atoms with E-state index in [1.165, 1.54) is 22.1 Å². The lowest BCUT2D eigenvalue weighted by atomic mass is 9.80. The molecule has 0 spiro atoms. The van der Waals surface area contributed by atoms with E-state index in [0.717, 1.165) is 50.4 Å². The van der Waals surface area contributed by atoms with Gasteiger partial charge < -0.3 is 0 Å². The molecule has 0 atom stereocenters. The lowest BCUT2D eigenvalue weighted by Gasteiger charge is -2.23. The van der Waals surface area contributed by atoms with Gasteiger partial charge in [-0.05, 0) is 28.6 Å². The van der Waals surface area contributed by atoms with Crippen LogP contribution in [-0.4, -0.2) is 15.0 Å². The molecular weight excluding hydrogens is 522 g/mol. The van der Waals surface area contributed by atoms with Crippen molar-refractivity contribution in [3.8, 4) is 56.4 Å². The molecule has 2 heterocycles. The number of fused-ring (bicyclic) bond motifs is 5. The van der Waals surface area contributed by atoms with E-state index in [4.69, 9.17) is 15.0 Å². The van der Waals surface area contributed by atoms with E-state index >= 15 is 0 Å². The number of pyridine rings is 1. The molecule has 0 aliphatic heterocycles. The molecule has 0 radical (unpaired) electrons. The first kappa shape index (κ1) is 25.3. The molecule has 3 nitrogen and oxygen atoms in total. The summed E-state index contributed by atoms with van der Waals surface area (Å²) in [6, 6.07) is 48.6. The molecule has 5 aromatic carbocycles. The van der Waals surface area contributed by atoms with Gasteiger partial charge in [-0.3, -0.25) is 0 Å². The van der Waals surface area contributed by atoms with Gasteiger partial charge in [0.1, 0.15) is 0 Å². The highest BCUT2D eigenvalue weighted by atomic mass is 14.9. The predicted octanol–water partition coefficient (Wildman–Crippen LogP) is 10.00. The molecule has 8 rings (SSSR count). The molecule has 43 heavy (non-hydrogen) atoms. The van der Waals surface area contributed by atoms with Crippen LogP contribution in [0.4, 0.5) is 0 Å². The maximum atomic E-state index is 5.41. The summed E-state index contributed by atoms with van der Waals surface area (Å²) in [7, 11) is 0. The van der Waals surface area contributed by atoms with Crippen LogP contribution < -0.4 is 0 Å². The van der Waals surface area contributed by atoms with Gasteiger partial charge in [-0.1, -0.05) is 141 Å². The van der Waals surface area contributed by atoms with Crippen LogP contribution in [0.2, 0.25) is 0 Å². The first-order valence-corrected chi connectivity index (χ1v) is 14.7. The maximum absolute atomic E-state index is 5.41. The van der Waals surface area contributed by atoms with E-state index in [1.807, 2.05) is 36.4 Å². The van der Waals surface area contributed by atoms with E-state index < -0.39 is 0 Å². The second-order valence-electron chi connectivity index (χ2n) is 11.7. The van der Waals surface area contributed by atoms with Crippen LogP contribution in [0.25, 0.3) is 67.2 Å². The van der Waals surface area contributed by atoms with Crippen LogP contribution in [0, 0.1) is 0 Å². The Hall–Kier alpha value is -5.41. The average Bonchev–Trinajstić information content (AvgIpc) is 3.31. The minimum atomic E-state index is -0.127. The number of hydrogen-bond donors (Lipinski definition) is 0. The Labute approximate surface area is 251 Å². The van der Waals surface area contributed by atoms with Crippen molar-refractivity contribution in [2.75, 3.05) is 0 Å². The highest BCUT2D eigenvalue weighted by molar-refractivity contribution is 6.03. The zero-order valence-corrected chi connectivity index (χ0v) is 24.1. The van der Waals surface area contributed by atoms with Gasteiger partial charge in [0.15, 0.2) is 5.82 Å². The molecule has 0 amide bonds. The summed E-state index contributed by atoms with van der Waals surface area (Å²) in [5, 5.41) is 2.41. The van der Waals surface area contributed by atoms with E-state index in [9.17, 15) is 0 Å². The molecule has 0 saturated heterocycles. The largest absolute Gasteiger partial charge is 0.247 e. The molecule has 3 heteroatoms. The van der Waals surface area contributed by atoms with E-state index in [0.29, 0.717) is 5.82 Å². The minimum absolute atomic E-state index is 0.127. The fourth-order valence-corrected chi connectivity index (χ4v) is 6.58. The molecule has 0 bridgehead atoms. The molecule has 1 aliphatic carbocycles. The Bertz CT molecular complexity index is 2090. The van der Waals surface area contributed by atoms with Crippen LogP contribution in [0.3, 0.4) is 0 Å². The summed E-state index contributed by atoms with van der Waals surface area (Å²) in [6.07, 6.45) is 0. The van der Waals surface area contributed by atoms with Crippen LogP contribution in [0.5, 0.6) is 0 Å². The molecule has 0 N–H and O–H groups in total. The van der Waals surface area contributed by atoms with E-state index in [1.54, 1.807) is 0 Å². The van der Waals surface area contributed by atoms with Gasteiger partial charge in [0, 0.05) is 38.6 Å². The Balaban J connectivity index is 1.33. The van der Waals surface area contributed by atoms with Crippen molar-refractivity contribution in [1.82, 2.24) is 15.0 Å². The summed E-state index contributed by atoms with van der Waals surface area (Å²) >= 11 is 0. The number of nitrogens with zero attached hydrogens (tertiary/aromatic N) is 3. The second kappa shape index (κ2) is 9.85.